The summed E-state index contributed by atoms with van der Waals surface area (Å²) in [6.45, 7) is 2.42. The van der Waals surface area contributed by atoms with Crippen molar-refractivity contribution in [3.63, 3.8) is 0 Å². The van der Waals surface area contributed by atoms with Crippen molar-refractivity contribution in [2.75, 3.05) is 7.05 Å². The predicted octanol–water partition coefficient (Wildman–Crippen LogP) is 4.41. The first-order valence-corrected chi connectivity index (χ1v) is 7.93. The van der Waals surface area contributed by atoms with Crippen molar-refractivity contribution < 1.29 is 0 Å². The minimum absolute atomic E-state index is 0.619. The Balaban J connectivity index is 1.80. The Hall–Kier alpha value is -1.34. The molecule has 2 aromatic rings. The molecular weight excluding hydrogens is 242 g/mol. The second kappa shape index (κ2) is 5.97. The summed E-state index contributed by atoms with van der Waals surface area (Å²) in [4.78, 5) is 0. The Morgan fingerprint density at radius 3 is 2.60 bits per heavy atom. The quantitative estimate of drug-likeness (QED) is 0.865. The smallest absolute Gasteiger partial charge is 0.0135 e. The van der Waals surface area contributed by atoms with E-state index in [0.29, 0.717) is 6.04 Å². The molecule has 1 heteroatoms. The second-order valence-electron chi connectivity index (χ2n) is 6.35. The van der Waals surface area contributed by atoms with Crippen molar-refractivity contribution >= 4 is 10.8 Å². The van der Waals surface area contributed by atoms with Crippen LogP contribution in [-0.2, 0) is 6.42 Å². The molecule has 0 bridgehead atoms. The molecule has 0 heterocycles. The third kappa shape index (κ3) is 2.73. The molecule has 1 nitrogen and oxygen atoms in total. The molecule has 106 valence electrons. The first kappa shape index (κ1) is 13.6. The first-order chi connectivity index (χ1) is 9.78. The van der Waals surface area contributed by atoms with Crippen molar-refractivity contribution in [2.45, 2.75) is 38.6 Å². The van der Waals surface area contributed by atoms with E-state index in [4.69, 9.17) is 0 Å². The largest absolute Gasteiger partial charge is 0.316 e. The van der Waals surface area contributed by atoms with Gasteiger partial charge in [0.2, 0.25) is 0 Å². The Kier molecular flexibility index (Phi) is 4.07. The van der Waals surface area contributed by atoms with E-state index in [-0.39, 0.29) is 0 Å². The average Bonchev–Trinajstić information content (AvgIpc) is 2.91. The van der Waals surface area contributed by atoms with E-state index >= 15 is 0 Å². The molecule has 1 saturated carbocycles. The highest BCUT2D eigenvalue weighted by Gasteiger charge is 2.29. The van der Waals surface area contributed by atoms with Crippen LogP contribution in [0.5, 0.6) is 0 Å². The van der Waals surface area contributed by atoms with E-state index in [1.165, 1.54) is 35.6 Å². The lowest BCUT2D eigenvalue weighted by Gasteiger charge is -2.27. The summed E-state index contributed by atoms with van der Waals surface area (Å²) >= 11 is 0. The highest BCUT2D eigenvalue weighted by Crippen LogP contribution is 2.34. The van der Waals surface area contributed by atoms with E-state index in [9.17, 15) is 0 Å². The Labute approximate surface area is 122 Å². The lowest BCUT2D eigenvalue weighted by Crippen LogP contribution is -2.36. The summed E-state index contributed by atoms with van der Waals surface area (Å²) in [7, 11) is 2.12. The van der Waals surface area contributed by atoms with Crippen LogP contribution in [0.4, 0.5) is 0 Å². The molecule has 0 aliphatic heterocycles. The van der Waals surface area contributed by atoms with Crippen LogP contribution in [0.3, 0.4) is 0 Å². The molecule has 0 saturated heterocycles. The predicted molar refractivity (Wildman–Crippen MR) is 87.0 cm³/mol. The zero-order valence-electron chi connectivity index (χ0n) is 12.6. The van der Waals surface area contributed by atoms with Crippen LogP contribution in [0.15, 0.2) is 42.5 Å². The number of rotatable bonds is 4. The number of nitrogens with one attached hydrogen (secondary N) is 1. The standard InChI is InChI=1S/C19H25N/c1-14-6-5-9-18(14)19(20-2)13-15-10-11-16-7-3-4-8-17(16)12-15/h3-4,7-8,10-12,14,18-20H,5-6,9,13H2,1-2H3. The molecule has 3 rings (SSSR count). The normalized spacial score (nSPS) is 24.1. The number of likely N-dealkylation sites (N-methyl/N-ethyl adjacent to an activating group) is 1. The van der Waals surface area contributed by atoms with Crippen LogP contribution in [0.1, 0.15) is 31.7 Å². The van der Waals surface area contributed by atoms with E-state index < -0.39 is 0 Å². The van der Waals surface area contributed by atoms with Gasteiger partial charge in [0, 0.05) is 6.04 Å². The average molecular weight is 267 g/mol. The van der Waals surface area contributed by atoms with Gasteiger partial charge in [0.1, 0.15) is 0 Å². The molecule has 1 aliphatic carbocycles. The Morgan fingerprint density at radius 2 is 1.90 bits per heavy atom. The van der Waals surface area contributed by atoms with Gasteiger partial charge in [-0.05, 0) is 48.1 Å². The first-order valence-electron chi connectivity index (χ1n) is 7.93. The van der Waals surface area contributed by atoms with Crippen molar-refractivity contribution in [3.8, 4) is 0 Å². The maximum Gasteiger partial charge on any atom is 0.0135 e. The SMILES string of the molecule is CNC(Cc1ccc2ccccc2c1)C1CCCC1C. The Morgan fingerprint density at radius 1 is 1.10 bits per heavy atom. The number of hydrogen-bond donors (Lipinski definition) is 1. The van der Waals surface area contributed by atoms with Crippen LogP contribution >= 0.6 is 0 Å². The fourth-order valence-corrected chi connectivity index (χ4v) is 3.86. The molecular formula is C19H25N. The molecule has 0 spiro atoms. The van der Waals surface area contributed by atoms with E-state index in [1.54, 1.807) is 0 Å². The lowest BCUT2D eigenvalue weighted by atomic mass is 9.86. The van der Waals surface area contributed by atoms with Gasteiger partial charge in [0.25, 0.3) is 0 Å². The van der Waals surface area contributed by atoms with Crippen molar-refractivity contribution in [2.24, 2.45) is 11.8 Å². The molecule has 1 fully saturated rings. The lowest BCUT2D eigenvalue weighted by molar-refractivity contribution is 0.308. The van der Waals surface area contributed by atoms with Gasteiger partial charge in [0.05, 0.1) is 0 Å². The van der Waals surface area contributed by atoms with Crippen molar-refractivity contribution in [1.82, 2.24) is 5.32 Å². The van der Waals surface area contributed by atoms with Gasteiger partial charge >= 0.3 is 0 Å². The third-order valence-electron chi connectivity index (χ3n) is 5.08. The molecule has 3 unspecified atom stereocenters. The van der Waals surface area contributed by atoms with E-state index in [0.717, 1.165) is 18.3 Å². The third-order valence-corrected chi connectivity index (χ3v) is 5.08. The summed E-state index contributed by atoms with van der Waals surface area (Å²) < 4.78 is 0. The molecule has 2 aromatic carbocycles. The highest BCUT2D eigenvalue weighted by molar-refractivity contribution is 5.82. The van der Waals surface area contributed by atoms with Gasteiger partial charge in [-0.2, -0.15) is 0 Å². The van der Waals surface area contributed by atoms with Crippen LogP contribution in [0, 0.1) is 11.8 Å². The van der Waals surface area contributed by atoms with Crippen LogP contribution in [0.25, 0.3) is 10.8 Å². The molecule has 0 radical (unpaired) electrons. The van der Waals surface area contributed by atoms with Crippen LogP contribution < -0.4 is 5.32 Å². The van der Waals surface area contributed by atoms with Crippen LogP contribution in [0.2, 0.25) is 0 Å². The second-order valence-corrected chi connectivity index (χ2v) is 6.35. The Bertz CT molecular complexity index is 575. The monoisotopic (exact) mass is 267 g/mol. The topological polar surface area (TPSA) is 12.0 Å². The fourth-order valence-electron chi connectivity index (χ4n) is 3.86. The maximum atomic E-state index is 3.57. The van der Waals surface area contributed by atoms with Gasteiger partial charge < -0.3 is 5.32 Å². The minimum Gasteiger partial charge on any atom is -0.316 e. The summed E-state index contributed by atoms with van der Waals surface area (Å²) in [6.07, 6.45) is 5.35. The highest BCUT2D eigenvalue weighted by atomic mass is 14.9. The van der Waals surface area contributed by atoms with Gasteiger partial charge in [-0.1, -0.05) is 62.2 Å². The summed E-state index contributed by atoms with van der Waals surface area (Å²) in [6, 6.07) is 16.2. The van der Waals surface area contributed by atoms with Crippen LogP contribution in [-0.4, -0.2) is 13.1 Å². The fraction of sp³-hybridized carbons (Fsp3) is 0.474. The molecule has 0 amide bonds. The molecule has 1 aliphatic rings. The van der Waals surface area contributed by atoms with E-state index in [2.05, 4.69) is 61.8 Å². The van der Waals surface area contributed by atoms with Gasteiger partial charge in [-0.15, -0.1) is 0 Å². The van der Waals surface area contributed by atoms with Gasteiger partial charge in [0.15, 0.2) is 0 Å². The van der Waals surface area contributed by atoms with Crippen molar-refractivity contribution in [3.05, 3.63) is 48.0 Å². The van der Waals surface area contributed by atoms with E-state index in [1.807, 2.05) is 0 Å². The zero-order chi connectivity index (χ0) is 13.9. The zero-order valence-corrected chi connectivity index (χ0v) is 12.6. The summed E-state index contributed by atoms with van der Waals surface area (Å²) in [5.74, 6) is 1.71. The molecule has 3 atom stereocenters. The summed E-state index contributed by atoms with van der Waals surface area (Å²) in [5.41, 5.74) is 1.46. The molecule has 0 aromatic heterocycles. The number of hydrogen-bond acceptors (Lipinski definition) is 1. The molecule has 20 heavy (non-hydrogen) atoms. The molecule has 1 N–H and O–H groups in total. The number of fused-ring (bicyclic) bond motifs is 1. The number of benzene rings is 2. The summed E-state index contributed by atoms with van der Waals surface area (Å²) in [5, 5.41) is 6.27. The van der Waals surface area contributed by atoms with Gasteiger partial charge in [-0.25, -0.2) is 0 Å². The minimum atomic E-state index is 0.619. The maximum absolute atomic E-state index is 3.57. The van der Waals surface area contributed by atoms with Crippen molar-refractivity contribution in [1.29, 1.82) is 0 Å². The van der Waals surface area contributed by atoms with Gasteiger partial charge in [-0.3, -0.25) is 0 Å².